The van der Waals surface area contributed by atoms with Crippen molar-refractivity contribution in [3.63, 3.8) is 0 Å². The van der Waals surface area contributed by atoms with E-state index in [1.54, 1.807) is 24.3 Å². The van der Waals surface area contributed by atoms with E-state index in [-0.39, 0.29) is 16.7 Å². The van der Waals surface area contributed by atoms with E-state index in [1.807, 2.05) is 30.3 Å². The second-order valence-corrected chi connectivity index (χ2v) is 6.64. The Bertz CT molecular complexity index is 1070. The molecule has 2 aromatic carbocycles. The Labute approximate surface area is 172 Å². The summed E-state index contributed by atoms with van der Waals surface area (Å²) in [5.41, 5.74) is 1.32. The van der Waals surface area contributed by atoms with Gasteiger partial charge in [0.15, 0.2) is 11.0 Å². The summed E-state index contributed by atoms with van der Waals surface area (Å²) in [5, 5.41) is 12.3. The van der Waals surface area contributed by atoms with Crippen LogP contribution in [0.15, 0.2) is 59.4 Å². The number of nitrogens with one attached hydrogen (secondary N) is 1. The summed E-state index contributed by atoms with van der Waals surface area (Å²) in [4.78, 5) is 28.5. The zero-order valence-corrected chi connectivity index (χ0v) is 16.5. The number of aromatic nitrogens is 2. The minimum atomic E-state index is -1.16. The van der Waals surface area contributed by atoms with Gasteiger partial charge in [0.2, 0.25) is 0 Å². The molecular formula is C21H20ClN3O4. The van der Waals surface area contributed by atoms with Crippen molar-refractivity contribution in [2.45, 2.75) is 13.0 Å². The van der Waals surface area contributed by atoms with Crippen molar-refractivity contribution in [2.75, 3.05) is 19.0 Å². The number of aliphatic carboxylic acids is 1. The average Bonchev–Trinajstić information content (AvgIpc) is 2.72. The van der Waals surface area contributed by atoms with Gasteiger partial charge in [0, 0.05) is 12.1 Å². The number of carbonyl (C=O) groups is 1. The molecule has 0 aliphatic heterocycles. The van der Waals surface area contributed by atoms with Gasteiger partial charge in [0.1, 0.15) is 12.3 Å². The van der Waals surface area contributed by atoms with Crippen LogP contribution < -0.4 is 15.6 Å². The minimum Gasteiger partial charge on any atom is -0.497 e. The lowest BCUT2D eigenvalue weighted by Crippen LogP contribution is -2.30. The summed E-state index contributed by atoms with van der Waals surface area (Å²) in [5.74, 6) is -0.592. The quantitative estimate of drug-likeness (QED) is 0.588. The van der Waals surface area contributed by atoms with E-state index < -0.39 is 18.1 Å². The average molecular weight is 414 g/mol. The first-order chi connectivity index (χ1) is 14.0. The maximum absolute atomic E-state index is 12.9. The predicted molar refractivity (Wildman–Crippen MR) is 112 cm³/mol. The van der Waals surface area contributed by atoms with Gasteiger partial charge in [0.25, 0.3) is 5.56 Å². The molecule has 2 N–H and O–H groups in total. The molecule has 0 bridgehead atoms. The molecule has 3 rings (SSSR count). The molecule has 150 valence electrons. The molecule has 0 aliphatic rings. The normalized spacial score (nSPS) is 10.6. The van der Waals surface area contributed by atoms with Crippen LogP contribution in [0.25, 0.3) is 11.3 Å². The lowest BCUT2D eigenvalue weighted by Gasteiger charge is -2.16. The topological polar surface area (TPSA) is 93.5 Å². The Balaban J connectivity index is 1.96. The molecule has 3 aromatic rings. The Hall–Kier alpha value is -3.32. The fraction of sp³-hybridized carbons (Fsp3) is 0.190. The third-order valence-corrected chi connectivity index (χ3v) is 4.57. The summed E-state index contributed by atoms with van der Waals surface area (Å²) in [6.07, 6.45) is 0.677. The third-order valence-electron chi connectivity index (χ3n) is 4.31. The lowest BCUT2D eigenvalue weighted by molar-refractivity contribution is -0.137. The Morgan fingerprint density at radius 3 is 2.66 bits per heavy atom. The highest BCUT2D eigenvalue weighted by molar-refractivity contribution is 6.32. The van der Waals surface area contributed by atoms with Gasteiger partial charge >= 0.3 is 5.97 Å². The predicted octanol–water partition coefficient (Wildman–Crippen LogP) is 3.31. The number of rotatable bonds is 8. The molecular weight excluding hydrogens is 394 g/mol. The van der Waals surface area contributed by atoms with E-state index in [2.05, 4.69) is 10.3 Å². The van der Waals surface area contributed by atoms with Crippen LogP contribution in [0.5, 0.6) is 5.75 Å². The Morgan fingerprint density at radius 1 is 1.21 bits per heavy atom. The van der Waals surface area contributed by atoms with Crippen LogP contribution in [0.1, 0.15) is 5.56 Å². The number of methoxy groups -OCH3 is 1. The summed E-state index contributed by atoms with van der Waals surface area (Å²) < 4.78 is 6.32. The lowest BCUT2D eigenvalue weighted by atomic mass is 10.1. The molecule has 0 aliphatic carbocycles. The number of hydrogen-bond acceptors (Lipinski definition) is 5. The van der Waals surface area contributed by atoms with Crippen LogP contribution in [0, 0.1) is 0 Å². The van der Waals surface area contributed by atoms with E-state index in [9.17, 15) is 14.7 Å². The fourth-order valence-corrected chi connectivity index (χ4v) is 3.25. The Kier molecular flexibility index (Phi) is 6.51. The number of anilines is 1. The van der Waals surface area contributed by atoms with Crippen molar-refractivity contribution < 1.29 is 14.6 Å². The monoisotopic (exact) mass is 413 g/mol. The minimum absolute atomic E-state index is 0.0128. The Morgan fingerprint density at radius 2 is 1.97 bits per heavy atom. The number of carboxylic acid groups (broad SMARTS) is 1. The number of nitrogens with zero attached hydrogens (tertiary/aromatic N) is 2. The molecule has 8 heteroatoms. The van der Waals surface area contributed by atoms with Crippen LogP contribution in [-0.2, 0) is 17.8 Å². The van der Waals surface area contributed by atoms with Gasteiger partial charge in [-0.25, -0.2) is 4.98 Å². The molecule has 0 atom stereocenters. The number of halogens is 1. The zero-order chi connectivity index (χ0) is 20.8. The second-order valence-electron chi connectivity index (χ2n) is 6.28. The largest absolute Gasteiger partial charge is 0.497 e. The highest BCUT2D eigenvalue weighted by atomic mass is 35.5. The van der Waals surface area contributed by atoms with Crippen molar-refractivity contribution in [3.05, 3.63) is 75.7 Å². The van der Waals surface area contributed by atoms with E-state index in [0.29, 0.717) is 24.3 Å². The summed E-state index contributed by atoms with van der Waals surface area (Å²) in [6, 6.07) is 16.6. The first kappa shape index (κ1) is 20.4. The highest BCUT2D eigenvalue weighted by Crippen LogP contribution is 2.29. The molecule has 0 unspecified atom stereocenters. The maximum atomic E-state index is 12.9. The number of carboxylic acids is 1. The van der Waals surface area contributed by atoms with Crippen LogP contribution in [-0.4, -0.2) is 34.3 Å². The molecule has 0 fully saturated rings. The summed E-state index contributed by atoms with van der Waals surface area (Å²) in [7, 11) is 1.52. The molecule has 29 heavy (non-hydrogen) atoms. The van der Waals surface area contributed by atoms with Crippen molar-refractivity contribution in [2.24, 2.45) is 0 Å². The van der Waals surface area contributed by atoms with Gasteiger partial charge < -0.3 is 15.2 Å². The molecule has 0 spiro atoms. The van der Waals surface area contributed by atoms with Crippen molar-refractivity contribution in [3.8, 4) is 17.0 Å². The third kappa shape index (κ3) is 4.94. The first-order valence-corrected chi connectivity index (χ1v) is 9.31. The van der Waals surface area contributed by atoms with Gasteiger partial charge in [-0.05, 0) is 24.1 Å². The van der Waals surface area contributed by atoms with Crippen LogP contribution in [0.2, 0.25) is 5.15 Å². The molecule has 0 saturated carbocycles. The molecule has 0 radical (unpaired) electrons. The van der Waals surface area contributed by atoms with Crippen LogP contribution >= 0.6 is 11.6 Å². The standard InChI is InChI=1S/C21H20ClN3O4/c1-29-16-9-5-8-15(12-16)18-19(22)24-20(21(28)25(18)13-17(26)27)23-11-10-14-6-3-2-4-7-14/h2-9,12H,10-11,13H2,1H3,(H,23,24)(H,26,27). The number of ether oxygens (including phenoxy) is 1. The van der Waals surface area contributed by atoms with Crippen LogP contribution in [0.3, 0.4) is 0 Å². The van der Waals surface area contributed by atoms with E-state index >= 15 is 0 Å². The van der Waals surface area contributed by atoms with E-state index in [1.165, 1.54) is 7.11 Å². The van der Waals surface area contributed by atoms with Gasteiger partial charge in [-0.3, -0.25) is 14.2 Å². The molecule has 0 saturated heterocycles. The summed E-state index contributed by atoms with van der Waals surface area (Å²) in [6.45, 7) is -0.0882. The van der Waals surface area contributed by atoms with Gasteiger partial charge in [0.05, 0.1) is 12.8 Å². The van der Waals surface area contributed by atoms with Gasteiger partial charge in [-0.2, -0.15) is 0 Å². The highest BCUT2D eigenvalue weighted by Gasteiger charge is 2.19. The van der Waals surface area contributed by atoms with Crippen molar-refractivity contribution >= 4 is 23.4 Å². The van der Waals surface area contributed by atoms with E-state index in [0.717, 1.165) is 10.1 Å². The number of benzene rings is 2. The van der Waals surface area contributed by atoms with Gasteiger partial charge in [-0.1, -0.05) is 54.1 Å². The van der Waals surface area contributed by atoms with Crippen LogP contribution in [0.4, 0.5) is 5.82 Å². The fourth-order valence-electron chi connectivity index (χ4n) is 2.96. The first-order valence-electron chi connectivity index (χ1n) is 8.94. The van der Waals surface area contributed by atoms with Crippen molar-refractivity contribution in [1.29, 1.82) is 0 Å². The number of hydrogen-bond donors (Lipinski definition) is 2. The molecule has 0 amide bonds. The molecule has 7 nitrogen and oxygen atoms in total. The summed E-state index contributed by atoms with van der Waals surface area (Å²) >= 11 is 6.37. The molecule has 1 heterocycles. The maximum Gasteiger partial charge on any atom is 0.323 e. The zero-order valence-electron chi connectivity index (χ0n) is 15.8. The molecule has 1 aromatic heterocycles. The van der Waals surface area contributed by atoms with Crippen molar-refractivity contribution in [1.82, 2.24) is 9.55 Å². The van der Waals surface area contributed by atoms with E-state index in [4.69, 9.17) is 16.3 Å². The second kappa shape index (κ2) is 9.25. The smallest absolute Gasteiger partial charge is 0.323 e. The SMILES string of the molecule is COc1cccc(-c2c(Cl)nc(NCCc3ccccc3)c(=O)n2CC(=O)O)c1. The van der Waals surface area contributed by atoms with Gasteiger partial charge in [-0.15, -0.1) is 0 Å².